The number of amides is 2. The Morgan fingerprint density at radius 3 is 2.48 bits per heavy atom. The predicted octanol–water partition coefficient (Wildman–Crippen LogP) is 3.65. The van der Waals surface area contributed by atoms with Gasteiger partial charge in [-0.25, -0.2) is 9.58 Å². The van der Waals surface area contributed by atoms with Gasteiger partial charge in [-0.3, -0.25) is 9.59 Å². The SMILES string of the molecule is COc1ccccc1[C@@H]1C=C(c2ccc(Cl)cc2)Nc2nc(N3C(=O)CCC3=O)nn21. The van der Waals surface area contributed by atoms with Crippen LogP contribution < -0.4 is 15.0 Å². The zero-order valence-electron chi connectivity index (χ0n) is 16.6. The number of halogens is 1. The number of nitrogens with one attached hydrogen (secondary N) is 1. The Bertz CT molecular complexity index is 1200. The van der Waals surface area contributed by atoms with Gasteiger partial charge in [0, 0.05) is 29.1 Å². The topological polar surface area (TPSA) is 89.3 Å². The van der Waals surface area contributed by atoms with Gasteiger partial charge in [-0.2, -0.15) is 4.98 Å². The van der Waals surface area contributed by atoms with E-state index in [1.807, 2.05) is 54.6 Å². The largest absolute Gasteiger partial charge is 0.496 e. The maximum absolute atomic E-state index is 12.2. The summed E-state index contributed by atoms with van der Waals surface area (Å²) in [5.41, 5.74) is 2.58. The van der Waals surface area contributed by atoms with Crippen molar-refractivity contribution < 1.29 is 14.3 Å². The number of aromatic nitrogens is 3. The van der Waals surface area contributed by atoms with Crippen LogP contribution in [0.4, 0.5) is 11.9 Å². The molecule has 1 saturated heterocycles. The zero-order chi connectivity index (χ0) is 21.5. The van der Waals surface area contributed by atoms with Gasteiger partial charge in [0.15, 0.2) is 0 Å². The number of ether oxygens (including phenoxy) is 1. The third-order valence-corrected chi connectivity index (χ3v) is 5.57. The molecule has 1 aromatic heterocycles. The number of anilines is 2. The van der Waals surface area contributed by atoms with Crippen LogP contribution in [-0.2, 0) is 9.59 Å². The molecule has 0 aliphatic carbocycles. The van der Waals surface area contributed by atoms with E-state index in [-0.39, 0.29) is 36.6 Å². The third kappa shape index (κ3) is 3.34. The number of benzene rings is 2. The van der Waals surface area contributed by atoms with Crippen molar-refractivity contribution in [2.45, 2.75) is 18.9 Å². The molecule has 156 valence electrons. The lowest BCUT2D eigenvalue weighted by molar-refractivity contribution is -0.121. The van der Waals surface area contributed by atoms with Crippen molar-refractivity contribution >= 4 is 41.0 Å². The van der Waals surface area contributed by atoms with E-state index in [4.69, 9.17) is 16.3 Å². The number of para-hydroxylation sites is 1. The Kier molecular flexibility index (Phi) is 4.71. The Balaban J connectivity index is 1.64. The number of hydrogen-bond acceptors (Lipinski definition) is 6. The van der Waals surface area contributed by atoms with Gasteiger partial charge < -0.3 is 10.1 Å². The van der Waals surface area contributed by atoms with Gasteiger partial charge in [0.1, 0.15) is 11.8 Å². The highest BCUT2D eigenvalue weighted by atomic mass is 35.5. The molecule has 2 aliphatic rings. The molecular formula is C22H18ClN5O3. The quantitative estimate of drug-likeness (QED) is 0.629. The molecule has 8 nitrogen and oxygen atoms in total. The van der Waals surface area contributed by atoms with Crippen molar-refractivity contribution in [3.8, 4) is 5.75 Å². The van der Waals surface area contributed by atoms with E-state index in [1.165, 1.54) is 0 Å². The fourth-order valence-electron chi connectivity index (χ4n) is 3.81. The molecule has 1 atom stereocenters. The Morgan fingerprint density at radius 2 is 1.77 bits per heavy atom. The van der Waals surface area contributed by atoms with Gasteiger partial charge in [0.2, 0.25) is 17.8 Å². The summed E-state index contributed by atoms with van der Waals surface area (Å²) in [4.78, 5) is 30.0. The Hall–Kier alpha value is -3.65. The number of imide groups is 1. The second kappa shape index (κ2) is 7.55. The monoisotopic (exact) mass is 435 g/mol. The number of carbonyl (C=O) groups is 2. The third-order valence-electron chi connectivity index (χ3n) is 5.32. The molecule has 0 bridgehead atoms. The summed E-state index contributed by atoms with van der Waals surface area (Å²) in [7, 11) is 1.61. The van der Waals surface area contributed by atoms with Crippen molar-refractivity contribution in [3.05, 3.63) is 70.8 Å². The molecule has 3 aromatic rings. The number of rotatable bonds is 4. The van der Waals surface area contributed by atoms with Crippen molar-refractivity contribution in [1.29, 1.82) is 0 Å². The first-order valence-corrected chi connectivity index (χ1v) is 10.1. The van der Waals surface area contributed by atoms with Crippen molar-refractivity contribution in [2.75, 3.05) is 17.3 Å². The summed E-state index contributed by atoms with van der Waals surface area (Å²) in [6, 6.07) is 14.7. The van der Waals surface area contributed by atoms with E-state index in [2.05, 4.69) is 15.4 Å². The second-order valence-electron chi connectivity index (χ2n) is 7.20. The lowest BCUT2D eigenvalue weighted by atomic mass is 10.0. The average Bonchev–Trinajstić information content (AvgIpc) is 3.35. The molecule has 2 amide bonds. The average molecular weight is 436 g/mol. The molecular weight excluding hydrogens is 418 g/mol. The van der Waals surface area contributed by atoms with E-state index in [0.717, 1.165) is 21.7 Å². The van der Waals surface area contributed by atoms with Crippen molar-refractivity contribution in [3.63, 3.8) is 0 Å². The Morgan fingerprint density at radius 1 is 1.06 bits per heavy atom. The van der Waals surface area contributed by atoms with Gasteiger partial charge in [-0.1, -0.05) is 41.9 Å². The summed E-state index contributed by atoms with van der Waals surface area (Å²) in [5.74, 6) is 0.587. The number of fused-ring (bicyclic) bond motifs is 1. The van der Waals surface area contributed by atoms with Crippen LogP contribution >= 0.6 is 11.6 Å². The summed E-state index contributed by atoms with van der Waals surface area (Å²) in [6.07, 6.45) is 2.33. The van der Waals surface area contributed by atoms with Gasteiger partial charge in [-0.15, -0.1) is 5.10 Å². The molecule has 31 heavy (non-hydrogen) atoms. The van der Waals surface area contributed by atoms with Crippen LogP contribution in [0.2, 0.25) is 5.02 Å². The van der Waals surface area contributed by atoms with Crippen LogP contribution in [-0.4, -0.2) is 33.7 Å². The summed E-state index contributed by atoms with van der Waals surface area (Å²) in [6.45, 7) is 0. The number of nitrogens with zero attached hydrogens (tertiary/aromatic N) is 4. The highest BCUT2D eigenvalue weighted by Gasteiger charge is 2.36. The van der Waals surface area contributed by atoms with Gasteiger partial charge >= 0.3 is 0 Å². The number of carbonyl (C=O) groups excluding carboxylic acids is 2. The van der Waals surface area contributed by atoms with E-state index < -0.39 is 0 Å². The fourth-order valence-corrected chi connectivity index (χ4v) is 3.93. The van der Waals surface area contributed by atoms with E-state index in [1.54, 1.807) is 11.8 Å². The summed E-state index contributed by atoms with van der Waals surface area (Å²) < 4.78 is 7.22. The molecule has 9 heteroatoms. The Labute approximate surface area is 183 Å². The van der Waals surface area contributed by atoms with Crippen molar-refractivity contribution in [2.24, 2.45) is 0 Å². The molecule has 0 radical (unpaired) electrons. The van der Waals surface area contributed by atoms with Crippen LogP contribution in [0, 0.1) is 0 Å². The van der Waals surface area contributed by atoms with Crippen LogP contribution in [0.1, 0.15) is 30.0 Å². The molecule has 2 aliphatic heterocycles. The van der Waals surface area contributed by atoms with E-state index in [0.29, 0.717) is 16.7 Å². The first kappa shape index (κ1) is 19.3. The molecule has 5 rings (SSSR count). The maximum atomic E-state index is 12.2. The minimum Gasteiger partial charge on any atom is -0.496 e. The standard InChI is InChI=1S/C22H18ClN5O3/c1-31-18-5-3-2-4-15(18)17-12-16(13-6-8-14(23)9-7-13)24-21-25-22(26-28(17)21)27-19(29)10-11-20(27)30/h2-9,12,17H,10-11H2,1H3,(H,24,25,26)/t17-/m0/s1. The number of hydrogen-bond donors (Lipinski definition) is 1. The molecule has 1 N–H and O–H groups in total. The summed E-state index contributed by atoms with van der Waals surface area (Å²) in [5, 5.41) is 8.41. The normalized spacial score (nSPS) is 17.9. The van der Waals surface area contributed by atoms with Gasteiger partial charge in [0.25, 0.3) is 5.95 Å². The minimum atomic E-state index is -0.368. The van der Waals surface area contributed by atoms with Crippen LogP contribution in [0.15, 0.2) is 54.6 Å². The lowest BCUT2D eigenvalue weighted by Gasteiger charge is -2.25. The maximum Gasteiger partial charge on any atom is 0.260 e. The molecule has 3 heterocycles. The van der Waals surface area contributed by atoms with Gasteiger partial charge in [-0.05, 0) is 29.8 Å². The molecule has 2 aromatic carbocycles. The molecule has 0 unspecified atom stereocenters. The van der Waals surface area contributed by atoms with Gasteiger partial charge in [0.05, 0.1) is 7.11 Å². The fraction of sp³-hybridized carbons (Fsp3) is 0.182. The number of methoxy groups -OCH3 is 1. The first-order chi connectivity index (χ1) is 15.0. The highest BCUT2D eigenvalue weighted by molar-refractivity contribution is 6.30. The van der Waals surface area contributed by atoms with Crippen LogP contribution in [0.3, 0.4) is 0 Å². The highest BCUT2D eigenvalue weighted by Crippen LogP contribution is 2.37. The van der Waals surface area contributed by atoms with Crippen molar-refractivity contribution in [1.82, 2.24) is 14.8 Å². The van der Waals surface area contributed by atoms with E-state index >= 15 is 0 Å². The van der Waals surface area contributed by atoms with E-state index in [9.17, 15) is 9.59 Å². The molecule has 0 saturated carbocycles. The molecule has 0 spiro atoms. The smallest absolute Gasteiger partial charge is 0.260 e. The van der Waals surface area contributed by atoms with Crippen LogP contribution in [0.25, 0.3) is 5.70 Å². The minimum absolute atomic E-state index is 0.0701. The van der Waals surface area contributed by atoms with Crippen LogP contribution in [0.5, 0.6) is 5.75 Å². The lowest BCUT2D eigenvalue weighted by Crippen LogP contribution is -2.29. The first-order valence-electron chi connectivity index (χ1n) is 9.75. The predicted molar refractivity (Wildman–Crippen MR) is 116 cm³/mol. The number of allylic oxidation sites excluding steroid dienone is 1. The summed E-state index contributed by atoms with van der Waals surface area (Å²) >= 11 is 6.05. The molecule has 1 fully saturated rings. The zero-order valence-corrected chi connectivity index (χ0v) is 17.3. The second-order valence-corrected chi connectivity index (χ2v) is 7.64.